The highest BCUT2D eigenvalue weighted by molar-refractivity contribution is 5.87. The van der Waals surface area contributed by atoms with E-state index in [1.807, 2.05) is 32.9 Å². The number of amides is 2. The molecule has 1 saturated carbocycles. The van der Waals surface area contributed by atoms with Gasteiger partial charge in [0.05, 0.1) is 6.07 Å². The maximum atomic E-state index is 13.2. The minimum atomic E-state index is -0.616. The Morgan fingerprint density at radius 1 is 1.19 bits per heavy atom. The first kappa shape index (κ1) is 22.1. The maximum Gasteiger partial charge on any atom is 0.411 e. The molecule has 2 amide bonds. The fraction of sp³-hybridized carbons (Fsp3) is 0.500. The van der Waals surface area contributed by atoms with E-state index in [9.17, 15) is 14.9 Å². The van der Waals surface area contributed by atoms with Crippen LogP contribution >= 0.6 is 0 Å². The summed E-state index contributed by atoms with van der Waals surface area (Å²) in [4.78, 5) is 27.6. The minimum absolute atomic E-state index is 0.0451. The van der Waals surface area contributed by atoms with Gasteiger partial charge in [0.1, 0.15) is 17.7 Å². The number of fused-ring (bicyclic) bond motifs is 3. The summed E-state index contributed by atoms with van der Waals surface area (Å²) in [7, 11) is 0. The molecule has 2 aliphatic rings. The lowest BCUT2D eigenvalue weighted by atomic mass is 9.97. The molecule has 1 N–H and O–H groups in total. The van der Waals surface area contributed by atoms with E-state index in [1.165, 1.54) is 5.39 Å². The number of aryl methyl sites for hydroxylation is 1. The van der Waals surface area contributed by atoms with E-state index in [1.54, 1.807) is 4.90 Å². The van der Waals surface area contributed by atoms with Crippen LogP contribution < -0.4 is 5.32 Å². The van der Waals surface area contributed by atoms with Crippen LogP contribution in [0.3, 0.4) is 0 Å². The summed E-state index contributed by atoms with van der Waals surface area (Å²) < 4.78 is 5.57. The van der Waals surface area contributed by atoms with Crippen molar-refractivity contribution in [3.05, 3.63) is 48.0 Å². The molecule has 0 aromatic heterocycles. The molecule has 168 valence electrons. The second-order valence-corrected chi connectivity index (χ2v) is 9.97. The summed E-state index contributed by atoms with van der Waals surface area (Å²) in [5.41, 5.74) is 0.517. The Bertz CT molecular complexity index is 1050. The van der Waals surface area contributed by atoms with Gasteiger partial charge in [0, 0.05) is 6.04 Å². The topological polar surface area (TPSA) is 82.4 Å². The summed E-state index contributed by atoms with van der Waals surface area (Å²) in [5.74, 6) is -0.111. The van der Waals surface area contributed by atoms with Gasteiger partial charge < -0.3 is 10.1 Å². The first-order valence-corrected chi connectivity index (χ1v) is 11.4. The zero-order valence-electron chi connectivity index (χ0n) is 19.0. The molecule has 32 heavy (non-hydrogen) atoms. The van der Waals surface area contributed by atoms with Crippen LogP contribution in [-0.2, 0) is 16.0 Å². The number of hydrogen-bond acceptors (Lipinski definition) is 4. The van der Waals surface area contributed by atoms with Crippen LogP contribution in [0.4, 0.5) is 4.79 Å². The minimum Gasteiger partial charge on any atom is -0.444 e. The Kier molecular flexibility index (Phi) is 6.10. The first-order chi connectivity index (χ1) is 15.2. The lowest BCUT2D eigenvalue weighted by Crippen LogP contribution is -2.55. The fourth-order valence-electron chi connectivity index (χ4n) is 5.03. The van der Waals surface area contributed by atoms with Crippen molar-refractivity contribution in [2.24, 2.45) is 5.92 Å². The molecular weight excluding hydrogens is 402 g/mol. The summed E-state index contributed by atoms with van der Waals surface area (Å²) >= 11 is 0. The average Bonchev–Trinajstić information content (AvgIpc) is 3.37. The Morgan fingerprint density at radius 3 is 2.66 bits per heavy atom. The SMILES string of the molecule is CC(C)(C)OC(=O)N1[C@@H]2CC[C@@H](C2)[C@H]1C(=O)N[C@H](C#N)CCc1ccc2ccccc2c1. The van der Waals surface area contributed by atoms with E-state index < -0.39 is 23.8 Å². The lowest BCUT2D eigenvalue weighted by Gasteiger charge is -2.35. The highest BCUT2D eigenvalue weighted by Crippen LogP contribution is 2.43. The number of benzene rings is 2. The Hall–Kier alpha value is -3.07. The molecule has 1 aliphatic carbocycles. The van der Waals surface area contributed by atoms with Crippen molar-refractivity contribution in [2.45, 2.75) is 76.6 Å². The van der Waals surface area contributed by atoms with Crippen molar-refractivity contribution in [1.29, 1.82) is 5.26 Å². The van der Waals surface area contributed by atoms with Crippen molar-refractivity contribution < 1.29 is 14.3 Å². The zero-order chi connectivity index (χ0) is 22.9. The van der Waals surface area contributed by atoms with Crippen LogP contribution in [0.25, 0.3) is 10.8 Å². The predicted molar refractivity (Wildman–Crippen MR) is 123 cm³/mol. The third-order valence-electron chi connectivity index (χ3n) is 6.47. The number of hydrogen-bond donors (Lipinski definition) is 1. The molecule has 1 heterocycles. The molecule has 0 spiro atoms. The monoisotopic (exact) mass is 433 g/mol. The summed E-state index contributed by atoms with van der Waals surface area (Å²) in [6.45, 7) is 5.48. The summed E-state index contributed by atoms with van der Waals surface area (Å²) in [5, 5.41) is 14.9. The summed E-state index contributed by atoms with van der Waals surface area (Å²) in [6.07, 6.45) is 3.43. The number of rotatable bonds is 5. The Balaban J connectivity index is 1.40. The van der Waals surface area contributed by atoms with Crippen molar-refractivity contribution >= 4 is 22.8 Å². The van der Waals surface area contributed by atoms with Crippen LogP contribution in [-0.4, -0.2) is 40.6 Å². The van der Waals surface area contributed by atoms with E-state index in [0.29, 0.717) is 12.8 Å². The molecule has 1 aliphatic heterocycles. The first-order valence-electron chi connectivity index (χ1n) is 11.4. The average molecular weight is 434 g/mol. The van der Waals surface area contributed by atoms with Gasteiger partial charge in [-0.3, -0.25) is 9.69 Å². The molecule has 2 fully saturated rings. The van der Waals surface area contributed by atoms with Gasteiger partial charge in [0.25, 0.3) is 0 Å². The number of nitrogens with zero attached hydrogens (tertiary/aromatic N) is 2. The third-order valence-corrected chi connectivity index (χ3v) is 6.47. The molecule has 2 aromatic carbocycles. The second kappa shape index (κ2) is 8.82. The smallest absolute Gasteiger partial charge is 0.411 e. The highest BCUT2D eigenvalue weighted by atomic mass is 16.6. The molecule has 0 unspecified atom stereocenters. The standard InChI is InChI=1S/C26H31N3O3/c1-26(2,3)32-25(31)29-22-13-11-20(15-22)23(29)24(30)28-21(16-27)12-9-17-8-10-18-6-4-5-7-19(18)14-17/h4-8,10,14,20-23H,9,11-13,15H2,1-3H3,(H,28,30)/t20-,21-,22+,23-/m0/s1. The molecule has 6 nitrogen and oxygen atoms in total. The Morgan fingerprint density at radius 2 is 1.94 bits per heavy atom. The number of piperidine rings is 1. The van der Waals surface area contributed by atoms with Gasteiger partial charge in [-0.1, -0.05) is 42.5 Å². The van der Waals surface area contributed by atoms with Crippen molar-refractivity contribution in [3.8, 4) is 6.07 Å². The predicted octanol–water partition coefficient (Wildman–Crippen LogP) is 4.57. The van der Waals surface area contributed by atoms with Gasteiger partial charge in [0.2, 0.25) is 5.91 Å². The fourth-order valence-corrected chi connectivity index (χ4v) is 5.03. The lowest BCUT2D eigenvalue weighted by molar-refractivity contribution is -0.128. The van der Waals surface area contributed by atoms with Gasteiger partial charge in [-0.05, 0) is 75.1 Å². The third kappa shape index (κ3) is 4.72. The van der Waals surface area contributed by atoms with Gasteiger partial charge >= 0.3 is 6.09 Å². The van der Waals surface area contributed by atoms with E-state index in [-0.39, 0.29) is 17.9 Å². The van der Waals surface area contributed by atoms with Crippen LogP contribution in [0.5, 0.6) is 0 Å². The largest absolute Gasteiger partial charge is 0.444 e. The van der Waals surface area contributed by atoms with E-state index in [4.69, 9.17) is 4.74 Å². The van der Waals surface area contributed by atoms with E-state index in [2.05, 4.69) is 41.7 Å². The molecular formula is C26H31N3O3. The van der Waals surface area contributed by atoms with Gasteiger partial charge in [-0.25, -0.2) is 4.79 Å². The van der Waals surface area contributed by atoms with Crippen LogP contribution in [0, 0.1) is 17.2 Å². The van der Waals surface area contributed by atoms with Crippen LogP contribution in [0.1, 0.15) is 52.0 Å². The zero-order valence-corrected chi connectivity index (χ0v) is 19.0. The molecule has 1 saturated heterocycles. The molecule has 6 heteroatoms. The number of likely N-dealkylation sites (tertiary alicyclic amines) is 1. The normalized spacial score (nSPS) is 23.1. The van der Waals surface area contributed by atoms with E-state index >= 15 is 0 Å². The van der Waals surface area contributed by atoms with Crippen LogP contribution in [0.15, 0.2) is 42.5 Å². The second-order valence-electron chi connectivity index (χ2n) is 9.97. The van der Waals surface area contributed by atoms with Crippen molar-refractivity contribution in [3.63, 3.8) is 0 Å². The Labute approximate surface area is 189 Å². The molecule has 4 atom stereocenters. The highest BCUT2D eigenvalue weighted by Gasteiger charge is 2.52. The van der Waals surface area contributed by atoms with Crippen LogP contribution in [0.2, 0.25) is 0 Å². The number of carbonyl (C=O) groups excluding carboxylic acids is 2. The number of nitrogens with one attached hydrogen (secondary N) is 1. The quantitative estimate of drug-likeness (QED) is 0.749. The van der Waals surface area contributed by atoms with Crippen molar-refractivity contribution in [2.75, 3.05) is 0 Å². The molecule has 4 rings (SSSR count). The molecule has 2 aromatic rings. The van der Waals surface area contributed by atoms with E-state index in [0.717, 1.165) is 30.2 Å². The van der Waals surface area contributed by atoms with Gasteiger partial charge in [0.15, 0.2) is 0 Å². The van der Waals surface area contributed by atoms with Gasteiger partial charge in [-0.2, -0.15) is 5.26 Å². The molecule has 2 bridgehead atoms. The number of nitriles is 1. The number of ether oxygens (including phenoxy) is 1. The number of carbonyl (C=O) groups is 2. The molecule has 0 radical (unpaired) electrons. The van der Waals surface area contributed by atoms with Crippen molar-refractivity contribution in [1.82, 2.24) is 10.2 Å². The van der Waals surface area contributed by atoms with Gasteiger partial charge in [-0.15, -0.1) is 0 Å². The summed E-state index contributed by atoms with van der Waals surface area (Å²) in [6, 6.07) is 15.6. The maximum absolute atomic E-state index is 13.2.